The van der Waals surface area contributed by atoms with E-state index >= 15 is 0 Å². The number of alkyl halides is 3. The molecular weight excluding hydrogens is 473 g/mol. The quantitative estimate of drug-likeness (QED) is 0.462. The van der Waals surface area contributed by atoms with Gasteiger partial charge in [0, 0.05) is 5.69 Å². The van der Waals surface area contributed by atoms with Crippen molar-refractivity contribution >= 4 is 29.3 Å². The maximum absolute atomic E-state index is 12.3. The van der Waals surface area contributed by atoms with Gasteiger partial charge in [-0.3, -0.25) is 9.59 Å². The maximum Gasteiger partial charge on any atom is 0.573 e. The fraction of sp³-hybridized carbons (Fsp3) is 0.286. The number of anilines is 1. The van der Waals surface area contributed by atoms with E-state index in [0.29, 0.717) is 11.4 Å². The van der Waals surface area contributed by atoms with E-state index in [-0.39, 0.29) is 29.1 Å². The van der Waals surface area contributed by atoms with Crippen molar-refractivity contribution < 1.29 is 27.5 Å². The Labute approximate surface area is 197 Å². The molecule has 0 aliphatic heterocycles. The highest BCUT2D eigenvalue weighted by Crippen LogP contribution is 2.25. The molecule has 9 nitrogen and oxygen atoms in total. The van der Waals surface area contributed by atoms with Gasteiger partial charge in [0.2, 0.25) is 17.0 Å². The number of carbonyl (C=O) groups excluding carboxylic acids is 2. The first-order valence-electron chi connectivity index (χ1n) is 9.93. The first-order valence-corrected chi connectivity index (χ1v) is 10.9. The number of halogens is 3. The van der Waals surface area contributed by atoms with Crippen LogP contribution in [0, 0.1) is 20.8 Å². The summed E-state index contributed by atoms with van der Waals surface area (Å²) in [5.41, 5.74) is 4.04. The van der Waals surface area contributed by atoms with Crippen molar-refractivity contribution in [2.45, 2.75) is 32.3 Å². The molecule has 0 spiro atoms. The zero-order valence-electron chi connectivity index (χ0n) is 18.4. The molecule has 3 rings (SSSR count). The first kappa shape index (κ1) is 25.0. The molecule has 0 radical (unpaired) electrons. The summed E-state index contributed by atoms with van der Waals surface area (Å²) in [6, 6.07) is 8.86. The standard InChI is InChI=1S/C21H21F3N6O3S/c1-12-8-13(2)19(14(3)9-12)26-17(31)10-25-18(32)11-34-20-27-28-29-30(20)15-4-6-16(7-5-15)33-21(22,23)24/h4-9H,10-11H2,1-3H3,(H,25,32)(H,26,31). The van der Waals surface area contributed by atoms with Crippen molar-refractivity contribution in [3.8, 4) is 11.4 Å². The zero-order valence-corrected chi connectivity index (χ0v) is 19.3. The molecule has 1 heterocycles. The van der Waals surface area contributed by atoms with Gasteiger partial charge < -0.3 is 15.4 Å². The van der Waals surface area contributed by atoms with Crippen LogP contribution in [-0.4, -0.2) is 50.7 Å². The summed E-state index contributed by atoms with van der Waals surface area (Å²) in [4.78, 5) is 24.4. The number of nitrogens with one attached hydrogen (secondary N) is 2. The predicted octanol–water partition coefficient (Wildman–Crippen LogP) is 3.33. The number of ether oxygens (including phenoxy) is 1. The molecule has 0 saturated heterocycles. The third-order valence-electron chi connectivity index (χ3n) is 4.48. The summed E-state index contributed by atoms with van der Waals surface area (Å²) in [5.74, 6) is -1.24. The Morgan fingerprint density at radius 3 is 2.32 bits per heavy atom. The lowest BCUT2D eigenvalue weighted by atomic mass is 10.1. The van der Waals surface area contributed by atoms with E-state index in [1.54, 1.807) is 0 Å². The Bertz CT molecular complexity index is 1160. The van der Waals surface area contributed by atoms with Crippen molar-refractivity contribution in [3.05, 3.63) is 53.1 Å². The molecule has 2 N–H and O–H groups in total. The lowest BCUT2D eigenvalue weighted by Gasteiger charge is -2.13. The first-order chi connectivity index (χ1) is 16.0. The van der Waals surface area contributed by atoms with E-state index in [9.17, 15) is 22.8 Å². The van der Waals surface area contributed by atoms with Gasteiger partial charge >= 0.3 is 6.36 Å². The highest BCUT2D eigenvalue weighted by Gasteiger charge is 2.31. The molecule has 3 aromatic rings. The second kappa shape index (κ2) is 10.5. The molecular formula is C21H21F3N6O3S. The summed E-state index contributed by atoms with van der Waals surface area (Å²) in [6.45, 7) is 5.55. The highest BCUT2D eigenvalue weighted by molar-refractivity contribution is 7.99. The number of tetrazole rings is 1. The van der Waals surface area contributed by atoms with Gasteiger partial charge in [0.15, 0.2) is 0 Å². The van der Waals surface area contributed by atoms with Crippen LogP contribution in [0.5, 0.6) is 5.75 Å². The van der Waals surface area contributed by atoms with E-state index in [0.717, 1.165) is 40.6 Å². The summed E-state index contributed by atoms with van der Waals surface area (Å²) >= 11 is 1.00. The average molecular weight is 494 g/mol. The molecule has 2 aromatic carbocycles. The van der Waals surface area contributed by atoms with Gasteiger partial charge in [-0.2, -0.15) is 4.68 Å². The van der Waals surface area contributed by atoms with Crippen LogP contribution in [0.4, 0.5) is 18.9 Å². The molecule has 0 bridgehead atoms. The SMILES string of the molecule is Cc1cc(C)c(NC(=O)CNC(=O)CSc2nnnn2-c2ccc(OC(F)(F)F)cc2)c(C)c1. The van der Waals surface area contributed by atoms with E-state index in [1.165, 1.54) is 16.8 Å². The number of rotatable bonds is 8. The fourth-order valence-corrected chi connectivity index (χ4v) is 3.86. The van der Waals surface area contributed by atoms with Crippen LogP contribution < -0.4 is 15.4 Å². The summed E-state index contributed by atoms with van der Waals surface area (Å²) in [7, 11) is 0. The van der Waals surface area contributed by atoms with Crippen molar-refractivity contribution in [1.82, 2.24) is 25.5 Å². The highest BCUT2D eigenvalue weighted by atomic mass is 32.2. The van der Waals surface area contributed by atoms with Gasteiger partial charge in [-0.05, 0) is 66.6 Å². The summed E-state index contributed by atoms with van der Waals surface area (Å²) < 4.78 is 42.0. The zero-order chi connectivity index (χ0) is 24.9. The molecule has 180 valence electrons. The second-order valence-electron chi connectivity index (χ2n) is 7.30. The average Bonchev–Trinajstić information content (AvgIpc) is 3.21. The van der Waals surface area contributed by atoms with Crippen molar-refractivity contribution in [2.75, 3.05) is 17.6 Å². The van der Waals surface area contributed by atoms with Crippen LogP contribution in [0.25, 0.3) is 5.69 Å². The molecule has 0 aliphatic rings. The number of benzene rings is 2. The molecule has 0 saturated carbocycles. The number of thioether (sulfide) groups is 1. The minimum absolute atomic E-state index is 0.0779. The Morgan fingerprint density at radius 2 is 1.71 bits per heavy atom. The van der Waals surface area contributed by atoms with Gasteiger partial charge in [0.05, 0.1) is 18.0 Å². The lowest BCUT2D eigenvalue weighted by Crippen LogP contribution is -2.34. The van der Waals surface area contributed by atoms with Crippen LogP contribution >= 0.6 is 11.8 Å². The Hall–Kier alpha value is -3.61. The Morgan fingerprint density at radius 1 is 1.06 bits per heavy atom. The molecule has 2 amide bonds. The number of amides is 2. The minimum atomic E-state index is -4.79. The monoisotopic (exact) mass is 494 g/mol. The number of nitrogens with zero attached hydrogens (tertiary/aromatic N) is 4. The fourth-order valence-electron chi connectivity index (χ4n) is 3.14. The Balaban J connectivity index is 1.52. The molecule has 13 heteroatoms. The van der Waals surface area contributed by atoms with Gasteiger partial charge in [-0.1, -0.05) is 29.5 Å². The number of hydrogen-bond donors (Lipinski definition) is 2. The van der Waals surface area contributed by atoms with Crippen LogP contribution in [0.15, 0.2) is 41.6 Å². The number of carbonyl (C=O) groups is 2. The largest absolute Gasteiger partial charge is 0.573 e. The van der Waals surface area contributed by atoms with E-state index in [2.05, 4.69) is 30.9 Å². The summed E-state index contributed by atoms with van der Waals surface area (Å²) in [5, 5.41) is 16.7. The molecule has 0 atom stereocenters. The van der Waals surface area contributed by atoms with E-state index in [4.69, 9.17) is 0 Å². The lowest BCUT2D eigenvalue weighted by molar-refractivity contribution is -0.274. The van der Waals surface area contributed by atoms with Crippen molar-refractivity contribution in [1.29, 1.82) is 0 Å². The van der Waals surface area contributed by atoms with E-state index in [1.807, 2.05) is 32.9 Å². The van der Waals surface area contributed by atoms with E-state index < -0.39 is 12.3 Å². The smallest absolute Gasteiger partial charge is 0.406 e. The topological polar surface area (TPSA) is 111 Å². The van der Waals surface area contributed by atoms with Gasteiger partial charge in [0.1, 0.15) is 5.75 Å². The molecule has 0 unspecified atom stereocenters. The van der Waals surface area contributed by atoms with Gasteiger partial charge in [0.25, 0.3) is 0 Å². The molecule has 0 fully saturated rings. The van der Waals surface area contributed by atoms with Crippen LogP contribution in [-0.2, 0) is 9.59 Å². The third-order valence-corrected chi connectivity index (χ3v) is 5.40. The second-order valence-corrected chi connectivity index (χ2v) is 8.24. The maximum atomic E-state index is 12.3. The number of aromatic nitrogens is 4. The normalized spacial score (nSPS) is 11.2. The summed E-state index contributed by atoms with van der Waals surface area (Å²) in [6.07, 6.45) is -4.79. The minimum Gasteiger partial charge on any atom is -0.406 e. The molecule has 1 aromatic heterocycles. The van der Waals surface area contributed by atoms with Crippen LogP contribution in [0.3, 0.4) is 0 Å². The number of hydrogen-bond acceptors (Lipinski definition) is 7. The molecule has 0 aliphatic carbocycles. The van der Waals surface area contributed by atoms with Gasteiger partial charge in [-0.25, -0.2) is 0 Å². The molecule has 34 heavy (non-hydrogen) atoms. The third kappa shape index (κ3) is 6.94. The Kier molecular flexibility index (Phi) is 7.76. The predicted molar refractivity (Wildman–Crippen MR) is 119 cm³/mol. The van der Waals surface area contributed by atoms with Crippen LogP contribution in [0.2, 0.25) is 0 Å². The van der Waals surface area contributed by atoms with Gasteiger partial charge in [-0.15, -0.1) is 18.3 Å². The van der Waals surface area contributed by atoms with Crippen molar-refractivity contribution in [3.63, 3.8) is 0 Å². The number of aryl methyl sites for hydroxylation is 3. The van der Waals surface area contributed by atoms with Crippen molar-refractivity contribution in [2.24, 2.45) is 0 Å². The van der Waals surface area contributed by atoms with Crippen LogP contribution in [0.1, 0.15) is 16.7 Å².